The Labute approximate surface area is 116 Å². The second-order valence-electron chi connectivity index (χ2n) is 6.08. The molecule has 2 fully saturated rings. The van der Waals surface area contributed by atoms with Crippen molar-refractivity contribution in [2.75, 3.05) is 53.1 Å². The van der Waals surface area contributed by atoms with Crippen LogP contribution in [-0.2, 0) is 9.47 Å². The zero-order chi connectivity index (χ0) is 13.7. The summed E-state index contributed by atoms with van der Waals surface area (Å²) in [7, 11) is 2.11. The molecule has 2 heterocycles. The highest BCUT2D eigenvalue weighted by molar-refractivity contribution is 5.79. The van der Waals surface area contributed by atoms with Gasteiger partial charge >= 0.3 is 0 Å². The normalized spacial score (nSPS) is 26.1. The number of nitrogens with one attached hydrogen (secondary N) is 1. The average Bonchev–Trinajstić information content (AvgIpc) is 2.84. The van der Waals surface area contributed by atoms with Crippen LogP contribution in [0.25, 0.3) is 0 Å². The summed E-state index contributed by atoms with van der Waals surface area (Å²) in [5.41, 5.74) is 0.234. The lowest BCUT2D eigenvalue weighted by molar-refractivity contribution is -0.0946. The topological polar surface area (TPSA) is 46.1 Å². The fraction of sp³-hybridized carbons (Fsp3) is 0.929. The molecular weight excluding hydrogens is 242 g/mol. The molecule has 0 amide bonds. The van der Waals surface area contributed by atoms with Crippen molar-refractivity contribution in [3.63, 3.8) is 0 Å². The monoisotopic (exact) mass is 269 g/mol. The molecule has 2 aliphatic heterocycles. The first kappa shape index (κ1) is 14.6. The average molecular weight is 269 g/mol. The van der Waals surface area contributed by atoms with Crippen LogP contribution in [0, 0.1) is 11.3 Å². The third kappa shape index (κ3) is 4.08. The van der Waals surface area contributed by atoms with Crippen LogP contribution in [-0.4, -0.2) is 64.0 Å². The van der Waals surface area contributed by atoms with Gasteiger partial charge in [0.2, 0.25) is 0 Å². The maximum atomic E-state index is 5.43. The second-order valence-corrected chi connectivity index (χ2v) is 6.08. The molecule has 2 aliphatic rings. The summed E-state index contributed by atoms with van der Waals surface area (Å²) in [5, 5.41) is 3.37. The molecule has 5 nitrogen and oxygen atoms in total. The first-order chi connectivity index (χ1) is 9.13. The second kappa shape index (κ2) is 6.57. The van der Waals surface area contributed by atoms with Crippen LogP contribution in [0.3, 0.4) is 0 Å². The fourth-order valence-corrected chi connectivity index (χ4v) is 2.48. The SMILES string of the molecule is CCNC(=NCC1(C)COC1)N(C)CC1CCOC1. The van der Waals surface area contributed by atoms with Gasteiger partial charge in [-0.1, -0.05) is 6.92 Å². The van der Waals surface area contributed by atoms with Gasteiger partial charge < -0.3 is 19.7 Å². The Morgan fingerprint density at radius 2 is 2.21 bits per heavy atom. The molecular formula is C14H27N3O2. The number of aliphatic imine (C=N–C) groups is 1. The fourth-order valence-electron chi connectivity index (χ4n) is 2.48. The van der Waals surface area contributed by atoms with Crippen molar-refractivity contribution < 1.29 is 9.47 Å². The van der Waals surface area contributed by atoms with Crippen LogP contribution in [0.15, 0.2) is 4.99 Å². The van der Waals surface area contributed by atoms with Crippen molar-refractivity contribution in [1.29, 1.82) is 0 Å². The maximum absolute atomic E-state index is 5.43. The minimum atomic E-state index is 0.234. The molecule has 0 aromatic heterocycles. The summed E-state index contributed by atoms with van der Waals surface area (Å²) in [6.07, 6.45) is 1.16. The Morgan fingerprint density at radius 1 is 1.42 bits per heavy atom. The molecule has 0 aromatic carbocycles. The number of hydrogen-bond donors (Lipinski definition) is 1. The molecule has 5 heteroatoms. The van der Waals surface area contributed by atoms with Gasteiger partial charge in [-0.25, -0.2) is 0 Å². The van der Waals surface area contributed by atoms with Gasteiger partial charge in [0.05, 0.1) is 26.4 Å². The van der Waals surface area contributed by atoms with E-state index in [1.54, 1.807) is 0 Å². The standard InChI is InChI=1S/C14H27N3O2/c1-4-15-13(16-9-14(2)10-19-11-14)17(3)7-12-5-6-18-8-12/h12H,4-11H2,1-3H3,(H,15,16). The Balaban J connectivity index is 1.87. The molecule has 1 atom stereocenters. The van der Waals surface area contributed by atoms with Crippen LogP contribution >= 0.6 is 0 Å². The van der Waals surface area contributed by atoms with E-state index in [1.165, 1.54) is 0 Å². The Kier molecular flexibility index (Phi) is 5.05. The Hall–Kier alpha value is -0.810. The van der Waals surface area contributed by atoms with Gasteiger partial charge in [0.25, 0.3) is 0 Å². The van der Waals surface area contributed by atoms with Crippen molar-refractivity contribution in [2.45, 2.75) is 20.3 Å². The number of nitrogens with zero attached hydrogens (tertiary/aromatic N) is 2. The van der Waals surface area contributed by atoms with Crippen LogP contribution in [0.5, 0.6) is 0 Å². The Bertz CT molecular complexity index is 310. The molecule has 0 aliphatic carbocycles. The largest absolute Gasteiger partial charge is 0.381 e. The summed E-state index contributed by atoms with van der Waals surface area (Å²) in [4.78, 5) is 6.99. The van der Waals surface area contributed by atoms with E-state index in [0.29, 0.717) is 5.92 Å². The molecule has 2 saturated heterocycles. The van der Waals surface area contributed by atoms with Gasteiger partial charge in [0, 0.05) is 38.1 Å². The first-order valence-electron chi connectivity index (χ1n) is 7.28. The molecule has 0 aromatic rings. The highest BCUT2D eigenvalue weighted by Crippen LogP contribution is 2.26. The van der Waals surface area contributed by atoms with E-state index in [0.717, 1.165) is 58.4 Å². The third-order valence-electron chi connectivity index (χ3n) is 3.76. The van der Waals surface area contributed by atoms with Gasteiger partial charge in [-0.2, -0.15) is 0 Å². The molecule has 0 spiro atoms. The van der Waals surface area contributed by atoms with E-state index < -0.39 is 0 Å². The number of guanidine groups is 1. The number of ether oxygens (including phenoxy) is 2. The van der Waals surface area contributed by atoms with E-state index >= 15 is 0 Å². The van der Waals surface area contributed by atoms with Crippen molar-refractivity contribution in [3.05, 3.63) is 0 Å². The molecule has 19 heavy (non-hydrogen) atoms. The van der Waals surface area contributed by atoms with Gasteiger partial charge in [0.15, 0.2) is 5.96 Å². The lowest BCUT2D eigenvalue weighted by atomic mass is 9.89. The molecule has 0 radical (unpaired) electrons. The predicted octanol–water partition coefficient (Wildman–Crippen LogP) is 0.957. The van der Waals surface area contributed by atoms with Crippen LogP contribution < -0.4 is 5.32 Å². The van der Waals surface area contributed by atoms with Crippen molar-refractivity contribution in [1.82, 2.24) is 10.2 Å². The molecule has 110 valence electrons. The third-order valence-corrected chi connectivity index (χ3v) is 3.76. The Morgan fingerprint density at radius 3 is 2.74 bits per heavy atom. The number of hydrogen-bond acceptors (Lipinski definition) is 3. The lowest BCUT2D eigenvalue weighted by Crippen LogP contribution is -2.45. The van der Waals surface area contributed by atoms with E-state index in [2.05, 4.69) is 31.1 Å². The van der Waals surface area contributed by atoms with E-state index in [4.69, 9.17) is 14.5 Å². The van der Waals surface area contributed by atoms with E-state index in [9.17, 15) is 0 Å². The molecule has 1 unspecified atom stereocenters. The number of rotatable bonds is 5. The summed E-state index contributed by atoms with van der Waals surface area (Å²) >= 11 is 0. The zero-order valence-electron chi connectivity index (χ0n) is 12.4. The molecule has 2 rings (SSSR count). The first-order valence-corrected chi connectivity index (χ1v) is 7.28. The lowest BCUT2D eigenvalue weighted by Gasteiger charge is -2.37. The molecule has 1 N–H and O–H groups in total. The van der Waals surface area contributed by atoms with Crippen molar-refractivity contribution in [3.8, 4) is 0 Å². The summed E-state index contributed by atoms with van der Waals surface area (Å²) in [6, 6.07) is 0. The maximum Gasteiger partial charge on any atom is 0.193 e. The quantitative estimate of drug-likeness (QED) is 0.596. The smallest absolute Gasteiger partial charge is 0.193 e. The summed E-state index contributed by atoms with van der Waals surface area (Å²) in [5.74, 6) is 1.64. The van der Waals surface area contributed by atoms with E-state index in [1.807, 2.05) is 0 Å². The van der Waals surface area contributed by atoms with E-state index in [-0.39, 0.29) is 5.41 Å². The van der Waals surface area contributed by atoms with Gasteiger partial charge in [-0.05, 0) is 13.3 Å². The van der Waals surface area contributed by atoms with Crippen molar-refractivity contribution >= 4 is 5.96 Å². The van der Waals surface area contributed by atoms with Crippen molar-refractivity contribution in [2.24, 2.45) is 16.3 Å². The van der Waals surface area contributed by atoms with Gasteiger partial charge in [-0.15, -0.1) is 0 Å². The van der Waals surface area contributed by atoms with Crippen LogP contribution in [0.4, 0.5) is 0 Å². The minimum absolute atomic E-state index is 0.234. The van der Waals surface area contributed by atoms with Gasteiger partial charge in [-0.3, -0.25) is 4.99 Å². The highest BCUT2D eigenvalue weighted by atomic mass is 16.5. The van der Waals surface area contributed by atoms with Gasteiger partial charge in [0.1, 0.15) is 0 Å². The van der Waals surface area contributed by atoms with Crippen LogP contribution in [0.2, 0.25) is 0 Å². The summed E-state index contributed by atoms with van der Waals surface area (Å²) in [6.45, 7) is 10.5. The molecule has 0 bridgehead atoms. The summed E-state index contributed by atoms with van der Waals surface area (Å²) < 4.78 is 10.7. The molecule has 0 saturated carbocycles. The van der Waals surface area contributed by atoms with Crippen LogP contribution in [0.1, 0.15) is 20.3 Å². The minimum Gasteiger partial charge on any atom is -0.381 e. The highest BCUT2D eigenvalue weighted by Gasteiger charge is 2.33. The predicted molar refractivity (Wildman–Crippen MR) is 76.5 cm³/mol. The zero-order valence-corrected chi connectivity index (χ0v) is 12.4.